The topological polar surface area (TPSA) is 63.3 Å². The smallest absolute Gasteiger partial charge is 0.320 e. The van der Waals surface area contributed by atoms with Gasteiger partial charge in [-0.3, -0.25) is 4.79 Å². The molecule has 1 aliphatic carbocycles. The molecule has 0 aromatic carbocycles. The third-order valence-electron chi connectivity index (χ3n) is 2.48. The number of carboxylic acid groups (broad SMARTS) is 1. The molecule has 0 aliphatic heterocycles. The van der Waals surface area contributed by atoms with Crippen molar-refractivity contribution >= 4 is 5.97 Å². The van der Waals surface area contributed by atoms with Gasteiger partial charge in [-0.25, -0.2) is 0 Å². The molecule has 0 saturated carbocycles. The van der Waals surface area contributed by atoms with E-state index in [2.05, 4.69) is 6.08 Å². The van der Waals surface area contributed by atoms with E-state index in [1.165, 1.54) is 18.4 Å². The second-order valence-corrected chi connectivity index (χ2v) is 3.59. The average Bonchev–Trinajstić information content (AvgIpc) is 2.15. The van der Waals surface area contributed by atoms with E-state index in [0.717, 1.165) is 19.3 Å². The summed E-state index contributed by atoms with van der Waals surface area (Å²) < 4.78 is 0. The van der Waals surface area contributed by atoms with Crippen molar-refractivity contribution < 1.29 is 9.90 Å². The molecule has 74 valence electrons. The highest BCUT2D eigenvalue weighted by molar-refractivity contribution is 5.73. The van der Waals surface area contributed by atoms with Crippen LogP contribution < -0.4 is 5.73 Å². The molecule has 0 amide bonds. The molecule has 13 heavy (non-hydrogen) atoms. The predicted octanol–water partition coefficient (Wildman–Crippen LogP) is 1.68. The van der Waals surface area contributed by atoms with Gasteiger partial charge in [0.1, 0.15) is 6.04 Å². The molecule has 0 fully saturated rings. The monoisotopic (exact) mass is 183 g/mol. The summed E-state index contributed by atoms with van der Waals surface area (Å²) in [7, 11) is 0. The van der Waals surface area contributed by atoms with Crippen LogP contribution in [0.5, 0.6) is 0 Å². The molecule has 0 aromatic rings. The van der Waals surface area contributed by atoms with E-state index in [9.17, 15) is 4.79 Å². The summed E-state index contributed by atoms with van der Waals surface area (Å²) in [6, 6.07) is -0.692. The third kappa shape index (κ3) is 3.59. The van der Waals surface area contributed by atoms with Gasteiger partial charge in [0.25, 0.3) is 0 Å². The molecule has 0 radical (unpaired) electrons. The normalized spacial score (nSPS) is 19.3. The summed E-state index contributed by atoms with van der Waals surface area (Å²) in [5.41, 5.74) is 6.80. The number of allylic oxidation sites excluding steroid dienone is 2. The van der Waals surface area contributed by atoms with Crippen molar-refractivity contribution in [1.29, 1.82) is 0 Å². The van der Waals surface area contributed by atoms with Crippen molar-refractivity contribution in [2.24, 2.45) is 5.73 Å². The second kappa shape index (κ2) is 5.02. The van der Waals surface area contributed by atoms with Crippen LogP contribution in [0.1, 0.15) is 38.5 Å². The predicted molar refractivity (Wildman–Crippen MR) is 51.4 cm³/mol. The van der Waals surface area contributed by atoms with Crippen LogP contribution >= 0.6 is 0 Å². The first kappa shape index (κ1) is 10.3. The third-order valence-corrected chi connectivity index (χ3v) is 2.48. The van der Waals surface area contributed by atoms with Gasteiger partial charge >= 0.3 is 5.97 Å². The Labute approximate surface area is 78.6 Å². The van der Waals surface area contributed by atoms with E-state index in [1.54, 1.807) is 0 Å². The molecule has 0 spiro atoms. The van der Waals surface area contributed by atoms with E-state index >= 15 is 0 Å². The van der Waals surface area contributed by atoms with Gasteiger partial charge in [-0.05, 0) is 38.5 Å². The highest BCUT2D eigenvalue weighted by Gasteiger charge is 2.12. The maximum atomic E-state index is 10.4. The Morgan fingerprint density at radius 3 is 2.92 bits per heavy atom. The lowest BCUT2D eigenvalue weighted by Crippen LogP contribution is -2.29. The van der Waals surface area contributed by atoms with Crippen LogP contribution in [-0.2, 0) is 4.79 Å². The van der Waals surface area contributed by atoms with Crippen molar-refractivity contribution in [2.45, 2.75) is 44.6 Å². The van der Waals surface area contributed by atoms with Crippen molar-refractivity contribution in [3.05, 3.63) is 11.6 Å². The van der Waals surface area contributed by atoms with Crippen LogP contribution in [0, 0.1) is 0 Å². The molecule has 0 bridgehead atoms. The molecule has 0 saturated heterocycles. The van der Waals surface area contributed by atoms with Crippen LogP contribution in [0.2, 0.25) is 0 Å². The molecule has 1 aliphatic rings. The number of hydrogen-bond donors (Lipinski definition) is 2. The minimum absolute atomic E-state index is 0.571. The summed E-state index contributed by atoms with van der Waals surface area (Å²) >= 11 is 0. The van der Waals surface area contributed by atoms with Gasteiger partial charge in [-0.2, -0.15) is 0 Å². The Balaban J connectivity index is 2.25. The lowest BCUT2D eigenvalue weighted by Gasteiger charge is -2.13. The van der Waals surface area contributed by atoms with Gasteiger partial charge in [0.15, 0.2) is 0 Å². The zero-order chi connectivity index (χ0) is 9.68. The Kier molecular flexibility index (Phi) is 3.96. The zero-order valence-electron chi connectivity index (χ0n) is 7.83. The molecule has 3 nitrogen and oxygen atoms in total. The molecule has 1 atom stereocenters. The minimum Gasteiger partial charge on any atom is -0.480 e. The van der Waals surface area contributed by atoms with Crippen LogP contribution in [0.25, 0.3) is 0 Å². The molecule has 0 heterocycles. The molecule has 3 N–H and O–H groups in total. The van der Waals surface area contributed by atoms with Crippen molar-refractivity contribution in [1.82, 2.24) is 0 Å². The van der Waals surface area contributed by atoms with Crippen molar-refractivity contribution in [2.75, 3.05) is 0 Å². The highest BCUT2D eigenvalue weighted by atomic mass is 16.4. The summed E-state index contributed by atoms with van der Waals surface area (Å²) in [5.74, 6) is -0.892. The highest BCUT2D eigenvalue weighted by Crippen LogP contribution is 2.21. The van der Waals surface area contributed by atoms with Crippen molar-refractivity contribution in [3.8, 4) is 0 Å². The fourth-order valence-corrected chi connectivity index (χ4v) is 1.60. The first-order valence-corrected chi connectivity index (χ1v) is 4.86. The fourth-order valence-electron chi connectivity index (χ4n) is 1.60. The first-order chi connectivity index (χ1) is 6.20. The Morgan fingerprint density at radius 1 is 1.62 bits per heavy atom. The average molecular weight is 183 g/mol. The quantitative estimate of drug-likeness (QED) is 0.652. The maximum absolute atomic E-state index is 10.4. The molecule has 0 unspecified atom stereocenters. The van der Waals surface area contributed by atoms with E-state index in [4.69, 9.17) is 10.8 Å². The number of carbonyl (C=O) groups is 1. The summed E-state index contributed by atoms with van der Waals surface area (Å²) in [4.78, 5) is 10.4. The van der Waals surface area contributed by atoms with Crippen LogP contribution in [0.15, 0.2) is 11.6 Å². The van der Waals surface area contributed by atoms with E-state index in [0.29, 0.717) is 6.42 Å². The number of aliphatic carboxylic acids is 1. The fraction of sp³-hybridized carbons (Fsp3) is 0.700. The summed E-state index contributed by atoms with van der Waals surface area (Å²) in [6.07, 6.45) is 8.46. The lowest BCUT2D eigenvalue weighted by atomic mass is 9.95. The number of carboxylic acids is 1. The van der Waals surface area contributed by atoms with Gasteiger partial charge in [0.2, 0.25) is 0 Å². The Morgan fingerprint density at radius 2 is 2.38 bits per heavy atom. The first-order valence-electron chi connectivity index (χ1n) is 4.86. The number of nitrogens with two attached hydrogens (primary N) is 1. The van der Waals surface area contributed by atoms with Gasteiger partial charge in [0.05, 0.1) is 0 Å². The van der Waals surface area contributed by atoms with E-state index in [1.807, 2.05) is 0 Å². The summed E-state index contributed by atoms with van der Waals surface area (Å²) in [5, 5.41) is 8.57. The van der Waals surface area contributed by atoms with Crippen LogP contribution in [-0.4, -0.2) is 17.1 Å². The molecular formula is C10H17NO2. The molecule has 3 heteroatoms. The van der Waals surface area contributed by atoms with Gasteiger partial charge in [0, 0.05) is 0 Å². The van der Waals surface area contributed by atoms with Crippen LogP contribution in [0.3, 0.4) is 0 Å². The summed E-state index contributed by atoms with van der Waals surface area (Å²) in [6.45, 7) is 0. The van der Waals surface area contributed by atoms with Crippen LogP contribution in [0.4, 0.5) is 0 Å². The largest absolute Gasteiger partial charge is 0.480 e. The zero-order valence-corrected chi connectivity index (χ0v) is 7.83. The van der Waals surface area contributed by atoms with Gasteiger partial charge in [-0.1, -0.05) is 11.6 Å². The minimum atomic E-state index is -0.892. The standard InChI is InChI=1S/C10H17NO2/c11-9(10(12)13)7-6-8-4-2-1-3-5-8/h4,9H,1-3,5-7,11H2,(H,12,13)/t9-/m1/s1. The number of rotatable bonds is 4. The Bertz CT molecular complexity index is 211. The second-order valence-electron chi connectivity index (χ2n) is 3.59. The van der Waals surface area contributed by atoms with E-state index in [-0.39, 0.29) is 0 Å². The maximum Gasteiger partial charge on any atom is 0.320 e. The lowest BCUT2D eigenvalue weighted by molar-refractivity contribution is -0.138. The van der Waals surface area contributed by atoms with Crippen molar-refractivity contribution in [3.63, 3.8) is 0 Å². The molecular weight excluding hydrogens is 166 g/mol. The van der Waals surface area contributed by atoms with E-state index < -0.39 is 12.0 Å². The molecule has 1 rings (SSSR count). The molecule has 0 aromatic heterocycles. The number of hydrogen-bond acceptors (Lipinski definition) is 2. The van der Waals surface area contributed by atoms with Gasteiger partial charge < -0.3 is 10.8 Å². The SMILES string of the molecule is N[C@H](CCC1=CCCCC1)C(=O)O. The Hall–Kier alpha value is -0.830. The van der Waals surface area contributed by atoms with Gasteiger partial charge in [-0.15, -0.1) is 0 Å².